The second-order valence-electron chi connectivity index (χ2n) is 2.19. The molecule has 0 bridgehead atoms. The SMILES string of the molecule is Fc1c[nH]c2cc(Br)cnc12. The van der Waals surface area contributed by atoms with Gasteiger partial charge in [-0.25, -0.2) is 4.39 Å². The molecule has 2 heterocycles. The summed E-state index contributed by atoms with van der Waals surface area (Å²) in [6.45, 7) is 0. The van der Waals surface area contributed by atoms with Crippen LogP contribution in [0.15, 0.2) is 22.9 Å². The Morgan fingerprint density at radius 2 is 2.36 bits per heavy atom. The van der Waals surface area contributed by atoms with E-state index >= 15 is 0 Å². The van der Waals surface area contributed by atoms with E-state index in [0.29, 0.717) is 11.0 Å². The van der Waals surface area contributed by atoms with Crippen molar-refractivity contribution < 1.29 is 4.39 Å². The molecular formula is C7H4BrFN2. The highest BCUT2D eigenvalue weighted by molar-refractivity contribution is 9.10. The average molecular weight is 215 g/mol. The van der Waals surface area contributed by atoms with Gasteiger partial charge < -0.3 is 4.98 Å². The van der Waals surface area contributed by atoms with Crippen molar-refractivity contribution >= 4 is 27.0 Å². The van der Waals surface area contributed by atoms with Gasteiger partial charge in [-0.15, -0.1) is 0 Å². The number of nitrogens with zero attached hydrogens (tertiary/aromatic N) is 1. The molecule has 0 aliphatic heterocycles. The Labute approximate surface area is 70.6 Å². The maximum Gasteiger partial charge on any atom is 0.166 e. The molecule has 0 aliphatic carbocycles. The van der Waals surface area contributed by atoms with Crippen LogP contribution in [0.1, 0.15) is 0 Å². The molecule has 0 fully saturated rings. The first-order chi connectivity index (χ1) is 5.27. The highest BCUT2D eigenvalue weighted by atomic mass is 79.9. The standard InChI is InChI=1S/C7H4BrFN2/c8-4-1-6-7(11-2-4)5(9)3-10-6/h1-3,10H. The smallest absolute Gasteiger partial charge is 0.166 e. The maximum atomic E-state index is 12.8. The van der Waals surface area contributed by atoms with E-state index in [1.54, 1.807) is 12.3 Å². The molecule has 56 valence electrons. The maximum absolute atomic E-state index is 12.8. The van der Waals surface area contributed by atoms with E-state index < -0.39 is 0 Å². The van der Waals surface area contributed by atoms with Crippen molar-refractivity contribution in [3.05, 3.63) is 28.7 Å². The van der Waals surface area contributed by atoms with Crippen LogP contribution in [0.3, 0.4) is 0 Å². The van der Waals surface area contributed by atoms with Gasteiger partial charge >= 0.3 is 0 Å². The van der Waals surface area contributed by atoms with Crippen molar-refractivity contribution in [3.63, 3.8) is 0 Å². The molecule has 0 atom stereocenters. The fraction of sp³-hybridized carbons (Fsp3) is 0. The fourth-order valence-electron chi connectivity index (χ4n) is 0.949. The number of hydrogen-bond donors (Lipinski definition) is 1. The van der Waals surface area contributed by atoms with Gasteiger partial charge in [-0.3, -0.25) is 4.98 Å². The number of rotatable bonds is 0. The van der Waals surface area contributed by atoms with Gasteiger partial charge in [-0.1, -0.05) is 0 Å². The third kappa shape index (κ3) is 1.03. The zero-order chi connectivity index (χ0) is 7.84. The Bertz CT molecular complexity index is 396. The summed E-state index contributed by atoms with van der Waals surface area (Å²) in [6.07, 6.45) is 2.86. The molecule has 2 aromatic rings. The molecule has 4 heteroatoms. The van der Waals surface area contributed by atoms with E-state index in [-0.39, 0.29) is 5.82 Å². The summed E-state index contributed by atoms with van der Waals surface area (Å²) in [5.41, 5.74) is 1.09. The molecule has 2 aromatic heterocycles. The minimum absolute atomic E-state index is 0.312. The summed E-state index contributed by atoms with van der Waals surface area (Å²) in [5.74, 6) is -0.312. The van der Waals surface area contributed by atoms with Gasteiger partial charge in [0.2, 0.25) is 0 Å². The Hall–Kier alpha value is -0.900. The minimum Gasteiger partial charge on any atom is -0.357 e. The monoisotopic (exact) mass is 214 g/mol. The zero-order valence-electron chi connectivity index (χ0n) is 5.44. The second kappa shape index (κ2) is 2.30. The number of aromatic amines is 1. The number of nitrogens with one attached hydrogen (secondary N) is 1. The minimum atomic E-state index is -0.312. The topological polar surface area (TPSA) is 28.7 Å². The number of hydrogen-bond acceptors (Lipinski definition) is 1. The Balaban J connectivity index is 2.86. The van der Waals surface area contributed by atoms with E-state index in [4.69, 9.17) is 0 Å². The molecule has 0 saturated heterocycles. The number of fused-ring (bicyclic) bond motifs is 1. The van der Waals surface area contributed by atoms with E-state index in [1.807, 2.05) is 0 Å². The Morgan fingerprint density at radius 3 is 3.18 bits per heavy atom. The molecule has 2 nitrogen and oxygen atoms in total. The largest absolute Gasteiger partial charge is 0.357 e. The van der Waals surface area contributed by atoms with Crippen molar-refractivity contribution in [2.75, 3.05) is 0 Å². The third-order valence-electron chi connectivity index (χ3n) is 1.43. The van der Waals surface area contributed by atoms with Gasteiger partial charge in [0.1, 0.15) is 5.52 Å². The number of H-pyrrole nitrogens is 1. The van der Waals surface area contributed by atoms with Crippen LogP contribution in [0.5, 0.6) is 0 Å². The zero-order valence-corrected chi connectivity index (χ0v) is 7.02. The lowest BCUT2D eigenvalue weighted by Gasteiger charge is -1.89. The predicted molar refractivity (Wildman–Crippen MR) is 43.8 cm³/mol. The Morgan fingerprint density at radius 1 is 1.55 bits per heavy atom. The summed E-state index contributed by atoms with van der Waals surface area (Å²) in [6, 6.07) is 1.78. The van der Waals surface area contributed by atoms with Crippen molar-refractivity contribution in [2.45, 2.75) is 0 Å². The van der Waals surface area contributed by atoms with E-state index in [0.717, 1.165) is 4.47 Å². The van der Waals surface area contributed by atoms with Crippen LogP contribution in [0.4, 0.5) is 4.39 Å². The summed E-state index contributed by atoms with van der Waals surface area (Å²) >= 11 is 3.24. The van der Waals surface area contributed by atoms with Gasteiger partial charge in [0, 0.05) is 16.9 Å². The molecule has 0 radical (unpaired) electrons. The second-order valence-corrected chi connectivity index (χ2v) is 3.10. The highest BCUT2D eigenvalue weighted by Gasteiger charge is 2.02. The molecule has 2 rings (SSSR count). The lowest BCUT2D eigenvalue weighted by Crippen LogP contribution is -1.75. The van der Waals surface area contributed by atoms with Crippen molar-refractivity contribution in [1.82, 2.24) is 9.97 Å². The molecule has 0 aliphatic rings. The molecular weight excluding hydrogens is 211 g/mol. The lowest BCUT2D eigenvalue weighted by atomic mass is 10.4. The average Bonchev–Trinajstić information content (AvgIpc) is 2.32. The first-order valence-electron chi connectivity index (χ1n) is 3.05. The quantitative estimate of drug-likeness (QED) is 0.718. The number of halogens is 2. The normalized spacial score (nSPS) is 10.7. The van der Waals surface area contributed by atoms with Gasteiger partial charge in [0.15, 0.2) is 5.82 Å². The first-order valence-corrected chi connectivity index (χ1v) is 3.85. The van der Waals surface area contributed by atoms with Crippen LogP contribution < -0.4 is 0 Å². The lowest BCUT2D eigenvalue weighted by molar-refractivity contribution is 0.636. The highest BCUT2D eigenvalue weighted by Crippen LogP contribution is 2.17. The number of pyridine rings is 1. The van der Waals surface area contributed by atoms with Crippen LogP contribution in [0, 0.1) is 5.82 Å². The molecule has 11 heavy (non-hydrogen) atoms. The molecule has 0 unspecified atom stereocenters. The van der Waals surface area contributed by atoms with Crippen LogP contribution in [0.25, 0.3) is 11.0 Å². The van der Waals surface area contributed by atoms with E-state index in [2.05, 4.69) is 25.9 Å². The van der Waals surface area contributed by atoms with Crippen LogP contribution in [0.2, 0.25) is 0 Å². The molecule has 0 amide bonds. The summed E-state index contributed by atoms with van der Waals surface area (Å²) in [5, 5.41) is 0. The van der Waals surface area contributed by atoms with Crippen LogP contribution >= 0.6 is 15.9 Å². The summed E-state index contributed by atoms with van der Waals surface area (Å²) in [7, 11) is 0. The summed E-state index contributed by atoms with van der Waals surface area (Å²) in [4.78, 5) is 6.65. The van der Waals surface area contributed by atoms with Gasteiger partial charge in [-0.2, -0.15) is 0 Å². The molecule has 0 aromatic carbocycles. The van der Waals surface area contributed by atoms with Crippen LogP contribution in [-0.2, 0) is 0 Å². The molecule has 0 spiro atoms. The van der Waals surface area contributed by atoms with Gasteiger partial charge in [0.25, 0.3) is 0 Å². The van der Waals surface area contributed by atoms with Crippen molar-refractivity contribution in [3.8, 4) is 0 Å². The molecule has 1 N–H and O–H groups in total. The van der Waals surface area contributed by atoms with Gasteiger partial charge in [-0.05, 0) is 22.0 Å². The number of aromatic nitrogens is 2. The van der Waals surface area contributed by atoms with Crippen molar-refractivity contribution in [1.29, 1.82) is 0 Å². The van der Waals surface area contributed by atoms with E-state index in [1.165, 1.54) is 6.20 Å². The third-order valence-corrected chi connectivity index (χ3v) is 1.87. The van der Waals surface area contributed by atoms with Crippen LogP contribution in [-0.4, -0.2) is 9.97 Å². The van der Waals surface area contributed by atoms with Crippen molar-refractivity contribution in [2.24, 2.45) is 0 Å². The first kappa shape index (κ1) is 6.79. The molecule has 0 saturated carbocycles. The van der Waals surface area contributed by atoms with Gasteiger partial charge in [0.05, 0.1) is 5.52 Å². The Kier molecular flexibility index (Phi) is 1.42. The summed E-state index contributed by atoms with van der Waals surface area (Å²) < 4.78 is 13.6. The van der Waals surface area contributed by atoms with E-state index in [9.17, 15) is 4.39 Å². The predicted octanol–water partition coefficient (Wildman–Crippen LogP) is 2.46. The fourth-order valence-corrected chi connectivity index (χ4v) is 1.28.